The number of rotatable bonds is 30. The van der Waals surface area contributed by atoms with Crippen molar-refractivity contribution >= 4 is 54.1 Å². The molecule has 0 aliphatic heterocycles. The first-order chi connectivity index (χ1) is 34.3. The minimum atomic E-state index is -0.973. The highest BCUT2D eigenvalue weighted by atomic mass is 16.6. The van der Waals surface area contributed by atoms with E-state index in [1.165, 1.54) is 14.0 Å². The molecule has 0 spiro atoms. The van der Waals surface area contributed by atoms with Crippen molar-refractivity contribution in [3.8, 4) is 0 Å². The average molecular weight is 1060 g/mol. The fourth-order valence-electron chi connectivity index (χ4n) is 7.03. The summed E-state index contributed by atoms with van der Waals surface area (Å²) in [5.74, 6) is -0.678. The Labute approximate surface area is 440 Å². The monoisotopic (exact) mass is 1060 g/mol. The zero-order valence-electron chi connectivity index (χ0n) is 47.5. The molecule has 0 aromatic heterocycles. The quantitative estimate of drug-likeness (QED) is 0.0499. The summed E-state index contributed by atoms with van der Waals surface area (Å²) < 4.78 is 5.24. The zero-order chi connectivity index (χ0) is 56.9. The SMILES string of the molecule is CNC(=O)NC[C@H](CC(C)C)NC(=O)NC[C@H](C)NC(=O)NC[C@@H](NC(=O)NC[C@H](CC(C)C)NC(=O)NC[C@H](C)NC(=O)NC[C@@H](NC(=O)[C@H](CC(C)C)NC(=O)[C@H](C)NC(=O)OC(C)(C)C)C(C)C)C(C)C. The lowest BCUT2D eigenvalue weighted by molar-refractivity contribution is -0.130. The molecule has 74 heavy (non-hydrogen) atoms. The Balaban J connectivity index is 5.10. The minimum absolute atomic E-state index is 0.0432. The van der Waals surface area contributed by atoms with E-state index >= 15 is 0 Å². The normalized spacial score (nSPS) is 14.6. The number of carbonyl (C=O) groups is 9. The largest absolute Gasteiger partial charge is 0.444 e. The molecule has 15 N–H and O–H groups in total. The average Bonchev–Trinajstić information content (AvgIpc) is 3.26. The summed E-state index contributed by atoms with van der Waals surface area (Å²) in [6.07, 6.45) is 0.759. The molecule has 0 aromatic carbocycles. The molecule has 0 saturated carbocycles. The van der Waals surface area contributed by atoms with E-state index in [0.717, 1.165) is 0 Å². The molecule has 428 valence electrons. The smallest absolute Gasteiger partial charge is 0.408 e. The van der Waals surface area contributed by atoms with Crippen LogP contribution in [0, 0.1) is 29.6 Å². The van der Waals surface area contributed by atoms with Gasteiger partial charge in [0.25, 0.3) is 0 Å². The highest BCUT2D eigenvalue weighted by molar-refractivity contribution is 5.91. The molecule has 25 nitrogen and oxygen atoms in total. The summed E-state index contributed by atoms with van der Waals surface area (Å²) in [6.45, 7) is 30.2. The van der Waals surface area contributed by atoms with Gasteiger partial charge in [-0.1, -0.05) is 69.2 Å². The zero-order valence-corrected chi connectivity index (χ0v) is 47.5. The number of alkyl carbamates (subject to hydrolysis) is 1. The third kappa shape index (κ3) is 33.5. The van der Waals surface area contributed by atoms with Crippen molar-refractivity contribution in [2.45, 2.75) is 184 Å². The van der Waals surface area contributed by atoms with E-state index < -0.39 is 96.0 Å². The van der Waals surface area contributed by atoms with Crippen LogP contribution in [0.3, 0.4) is 0 Å². The molecule has 0 aromatic rings. The predicted molar refractivity (Wildman–Crippen MR) is 286 cm³/mol. The molecule has 25 heteroatoms. The maximum absolute atomic E-state index is 13.5. The van der Waals surface area contributed by atoms with Gasteiger partial charge in [0.15, 0.2) is 0 Å². The standard InChI is InChI=1S/C49H97N15O10/c1-27(2)18-35(23-53-42(67)50-17)60-45(70)51-22-33(12)58-44(69)56-26-39(31(9)10)64-47(72)54-24-36(19-28(3)4)61-46(71)52-21-32(11)57-43(68)55-25-38(30(7)8)63-41(66)37(20-29(5)6)62-40(65)34(13)59-48(73)74-49(14,15)16/h27-39H,18-26H2,1-17H3,(H,59,73)(H,62,65)(H,63,66)(H2,50,53,67)(H2,51,60,70)(H2,52,61,71)(H2,54,64,72)(H2,55,57,68)(H2,56,58,69)/t32-,33-,34-,35-,36-,37-,38+,39+/m0/s1. The van der Waals surface area contributed by atoms with Crippen molar-refractivity contribution in [3.63, 3.8) is 0 Å². The van der Waals surface area contributed by atoms with Gasteiger partial charge in [-0.2, -0.15) is 0 Å². The molecule has 0 aliphatic rings. The van der Waals surface area contributed by atoms with E-state index in [9.17, 15) is 43.2 Å². The second-order valence-electron chi connectivity index (χ2n) is 22.0. The summed E-state index contributed by atoms with van der Waals surface area (Å²) in [4.78, 5) is 115. The molecule has 0 heterocycles. The Morgan fingerprint density at radius 2 is 0.757 bits per heavy atom. The van der Waals surface area contributed by atoms with Gasteiger partial charge in [0.1, 0.15) is 17.7 Å². The topological polar surface area (TPSA) is 343 Å². The lowest BCUT2D eigenvalue weighted by Gasteiger charge is -2.28. The summed E-state index contributed by atoms with van der Waals surface area (Å²) in [5, 5.41) is 41.4. The third-order valence-corrected chi connectivity index (χ3v) is 11.0. The number of ether oxygens (including phenoxy) is 1. The van der Waals surface area contributed by atoms with E-state index in [2.05, 4.69) is 79.8 Å². The minimum Gasteiger partial charge on any atom is -0.444 e. The molecule has 8 atom stereocenters. The molecule has 0 unspecified atom stereocenters. The number of urea groups is 6. The van der Waals surface area contributed by atoms with Gasteiger partial charge in [0.05, 0.1) is 6.04 Å². The summed E-state index contributed by atoms with van der Waals surface area (Å²) in [7, 11) is 1.51. The Morgan fingerprint density at radius 3 is 1.15 bits per heavy atom. The van der Waals surface area contributed by atoms with Crippen LogP contribution in [0.4, 0.5) is 33.6 Å². The third-order valence-electron chi connectivity index (χ3n) is 11.0. The Hall–Kier alpha value is -6.17. The fourth-order valence-corrected chi connectivity index (χ4v) is 7.03. The van der Waals surface area contributed by atoms with Crippen molar-refractivity contribution in [1.82, 2.24) is 79.8 Å². The van der Waals surface area contributed by atoms with Gasteiger partial charge in [-0.05, 0) is 90.4 Å². The van der Waals surface area contributed by atoms with Crippen LogP contribution in [0.1, 0.15) is 130 Å². The van der Waals surface area contributed by atoms with Gasteiger partial charge in [0.2, 0.25) is 11.8 Å². The van der Waals surface area contributed by atoms with Crippen LogP contribution in [-0.2, 0) is 14.3 Å². The van der Waals surface area contributed by atoms with Crippen LogP contribution in [0.2, 0.25) is 0 Å². The molecule has 0 aliphatic carbocycles. The van der Waals surface area contributed by atoms with Crippen molar-refractivity contribution < 1.29 is 47.9 Å². The molecule has 0 radical (unpaired) electrons. The van der Waals surface area contributed by atoms with Crippen LogP contribution in [0.15, 0.2) is 0 Å². The highest BCUT2D eigenvalue weighted by Crippen LogP contribution is 2.10. The van der Waals surface area contributed by atoms with Crippen LogP contribution in [0.25, 0.3) is 0 Å². The highest BCUT2D eigenvalue weighted by Gasteiger charge is 2.29. The molecule has 15 amide bonds. The van der Waals surface area contributed by atoms with Gasteiger partial charge in [-0.3, -0.25) is 9.59 Å². The van der Waals surface area contributed by atoms with E-state index in [-0.39, 0.29) is 80.9 Å². The second-order valence-corrected chi connectivity index (χ2v) is 22.0. The Morgan fingerprint density at radius 1 is 0.392 bits per heavy atom. The van der Waals surface area contributed by atoms with E-state index in [1.54, 1.807) is 34.6 Å². The van der Waals surface area contributed by atoms with Gasteiger partial charge >= 0.3 is 42.3 Å². The lowest BCUT2D eigenvalue weighted by Crippen LogP contribution is -2.57. The van der Waals surface area contributed by atoms with Crippen LogP contribution >= 0.6 is 0 Å². The van der Waals surface area contributed by atoms with Crippen molar-refractivity contribution in [2.75, 3.05) is 46.3 Å². The van der Waals surface area contributed by atoms with Crippen LogP contribution < -0.4 is 79.8 Å². The van der Waals surface area contributed by atoms with Gasteiger partial charge in [0, 0.05) is 76.5 Å². The maximum Gasteiger partial charge on any atom is 0.408 e. The number of hydrogen-bond donors (Lipinski definition) is 15. The molecule has 0 fully saturated rings. The van der Waals surface area contributed by atoms with Crippen molar-refractivity contribution in [2.24, 2.45) is 29.6 Å². The first-order valence-electron chi connectivity index (χ1n) is 26.1. The number of hydrogen-bond acceptors (Lipinski definition) is 10. The molecule has 0 rings (SSSR count). The summed E-state index contributed by atoms with van der Waals surface area (Å²) in [6, 6.07) is -7.30. The summed E-state index contributed by atoms with van der Waals surface area (Å²) in [5.41, 5.74) is -0.755. The van der Waals surface area contributed by atoms with Gasteiger partial charge < -0.3 is 84.5 Å². The Bertz CT molecular complexity index is 1760. The van der Waals surface area contributed by atoms with E-state index in [0.29, 0.717) is 19.3 Å². The van der Waals surface area contributed by atoms with Gasteiger partial charge in [-0.25, -0.2) is 33.6 Å². The summed E-state index contributed by atoms with van der Waals surface area (Å²) >= 11 is 0. The van der Waals surface area contributed by atoms with Crippen molar-refractivity contribution in [1.29, 1.82) is 0 Å². The second kappa shape index (κ2) is 35.1. The predicted octanol–water partition coefficient (Wildman–Crippen LogP) is 2.63. The number of amides is 15. The van der Waals surface area contributed by atoms with Crippen LogP contribution in [0.5, 0.6) is 0 Å². The maximum atomic E-state index is 13.5. The number of carbonyl (C=O) groups excluding carboxylic acids is 9. The lowest BCUT2D eigenvalue weighted by atomic mass is 10.00. The number of nitrogens with one attached hydrogen (secondary N) is 15. The molecule has 0 bridgehead atoms. The van der Waals surface area contributed by atoms with Gasteiger partial charge in [-0.15, -0.1) is 0 Å². The first kappa shape index (κ1) is 67.8. The van der Waals surface area contributed by atoms with E-state index in [1.807, 2.05) is 69.2 Å². The molecular formula is C49H97N15O10. The Kier molecular flexibility index (Phi) is 32.2. The fraction of sp³-hybridized carbons (Fsp3) is 0.816. The van der Waals surface area contributed by atoms with Crippen molar-refractivity contribution in [3.05, 3.63) is 0 Å². The first-order valence-corrected chi connectivity index (χ1v) is 26.1. The van der Waals surface area contributed by atoms with Crippen LogP contribution in [-0.4, -0.2) is 154 Å². The molecule has 0 saturated heterocycles. The van der Waals surface area contributed by atoms with E-state index in [4.69, 9.17) is 4.74 Å². The molecular weight excluding hydrogens is 959 g/mol.